The molecule has 0 spiro atoms. The highest BCUT2D eigenvalue weighted by atomic mass is 79.9. The third kappa shape index (κ3) is 3.42. The average molecular weight is 341 g/mol. The molecule has 1 aliphatic heterocycles. The fourth-order valence-electron chi connectivity index (χ4n) is 3.33. The molecular weight excluding hydrogens is 316 g/mol. The number of hydrogen-bond acceptors (Lipinski definition) is 3. The van der Waals surface area contributed by atoms with E-state index in [2.05, 4.69) is 59.9 Å². The summed E-state index contributed by atoms with van der Waals surface area (Å²) in [6.07, 6.45) is 2.52. The van der Waals surface area contributed by atoms with Gasteiger partial charge in [-0.15, -0.1) is 0 Å². The minimum absolute atomic E-state index is 0.0341. The molecule has 0 bridgehead atoms. The van der Waals surface area contributed by atoms with E-state index < -0.39 is 0 Å². The monoisotopic (exact) mass is 340 g/mol. The average Bonchev–Trinajstić information content (AvgIpc) is 2.40. The number of rotatable bonds is 4. The summed E-state index contributed by atoms with van der Waals surface area (Å²) >= 11 is 3.63. The number of nitrogens with two attached hydrogens (primary N) is 1. The Morgan fingerprint density at radius 3 is 2.45 bits per heavy atom. The molecule has 0 aliphatic carbocycles. The van der Waals surface area contributed by atoms with Gasteiger partial charge in [0.05, 0.1) is 12.2 Å². The van der Waals surface area contributed by atoms with E-state index in [1.165, 1.54) is 5.56 Å². The van der Waals surface area contributed by atoms with E-state index in [9.17, 15) is 0 Å². The van der Waals surface area contributed by atoms with E-state index in [0.29, 0.717) is 6.54 Å². The summed E-state index contributed by atoms with van der Waals surface area (Å²) in [7, 11) is 2.18. The largest absolute Gasteiger partial charge is 0.375 e. The van der Waals surface area contributed by atoms with Crippen molar-refractivity contribution in [3.05, 3.63) is 34.3 Å². The third-order valence-electron chi connectivity index (χ3n) is 4.35. The van der Waals surface area contributed by atoms with Gasteiger partial charge in [-0.1, -0.05) is 34.1 Å². The lowest BCUT2D eigenvalue weighted by Crippen LogP contribution is -2.58. The van der Waals surface area contributed by atoms with E-state index in [-0.39, 0.29) is 17.7 Å². The van der Waals surface area contributed by atoms with Crippen LogP contribution in [0.4, 0.5) is 0 Å². The molecule has 2 N–H and O–H groups in total. The number of hydrogen-bond donors (Lipinski definition) is 1. The molecule has 4 heteroatoms. The van der Waals surface area contributed by atoms with Crippen molar-refractivity contribution >= 4 is 15.9 Å². The molecule has 0 aromatic heterocycles. The Balaban J connectivity index is 2.16. The Hall–Kier alpha value is -0.420. The Morgan fingerprint density at radius 1 is 1.30 bits per heavy atom. The van der Waals surface area contributed by atoms with Crippen LogP contribution in [0.25, 0.3) is 0 Å². The summed E-state index contributed by atoms with van der Waals surface area (Å²) < 4.78 is 7.04. The van der Waals surface area contributed by atoms with Gasteiger partial charge < -0.3 is 10.5 Å². The zero-order valence-electron chi connectivity index (χ0n) is 12.6. The van der Waals surface area contributed by atoms with Gasteiger partial charge in [-0.2, -0.15) is 0 Å². The van der Waals surface area contributed by atoms with Gasteiger partial charge in [0.15, 0.2) is 0 Å². The van der Waals surface area contributed by atoms with E-state index in [1.807, 2.05) is 6.07 Å². The van der Waals surface area contributed by atoms with Gasteiger partial charge in [0.25, 0.3) is 0 Å². The van der Waals surface area contributed by atoms with Crippen molar-refractivity contribution < 1.29 is 4.74 Å². The third-order valence-corrected chi connectivity index (χ3v) is 5.13. The molecule has 1 heterocycles. The van der Waals surface area contributed by atoms with Crippen LogP contribution in [0.2, 0.25) is 0 Å². The molecule has 2 atom stereocenters. The lowest BCUT2D eigenvalue weighted by Gasteiger charge is -2.48. The molecule has 0 saturated carbocycles. The quantitative estimate of drug-likeness (QED) is 0.914. The van der Waals surface area contributed by atoms with Crippen molar-refractivity contribution in [2.45, 2.75) is 51.0 Å². The molecular formula is C16H25BrN2O. The van der Waals surface area contributed by atoms with Crippen LogP contribution < -0.4 is 5.73 Å². The maximum Gasteiger partial charge on any atom is 0.0568 e. The number of ether oxygens (including phenoxy) is 1. The zero-order chi connectivity index (χ0) is 14.8. The first-order valence-electron chi connectivity index (χ1n) is 7.27. The highest BCUT2D eigenvalue weighted by molar-refractivity contribution is 9.10. The topological polar surface area (TPSA) is 38.5 Å². The van der Waals surface area contributed by atoms with Crippen LogP contribution in [-0.2, 0) is 11.3 Å². The van der Waals surface area contributed by atoms with E-state index in [4.69, 9.17) is 10.5 Å². The summed E-state index contributed by atoms with van der Waals surface area (Å²) in [6.45, 7) is 5.86. The lowest BCUT2D eigenvalue weighted by molar-refractivity contribution is -0.0994. The number of benzene rings is 1. The molecule has 0 amide bonds. The molecule has 2 rings (SSSR count). The minimum atomic E-state index is 0.0341. The van der Waals surface area contributed by atoms with Gasteiger partial charge >= 0.3 is 0 Å². The summed E-state index contributed by atoms with van der Waals surface area (Å²) in [5, 5.41) is 0. The molecule has 1 aromatic rings. The molecule has 1 aromatic carbocycles. The summed E-state index contributed by atoms with van der Waals surface area (Å²) in [5.41, 5.74) is 7.48. The minimum Gasteiger partial charge on any atom is -0.375 e. The molecule has 1 fully saturated rings. The molecule has 0 radical (unpaired) electrons. The van der Waals surface area contributed by atoms with Crippen molar-refractivity contribution in [1.29, 1.82) is 0 Å². The summed E-state index contributed by atoms with van der Waals surface area (Å²) in [5.74, 6) is 0. The lowest BCUT2D eigenvalue weighted by atomic mass is 9.82. The first-order valence-corrected chi connectivity index (χ1v) is 8.06. The van der Waals surface area contributed by atoms with Gasteiger partial charge in [0, 0.05) is 23.1 Å². The Kier molecular flexibility index (Phi) is 5.24. The van der Waals surface area contributed by atoms with Gasteiger partial charge in [-0.05, 0) is 45.4 Å². The molecule has 112 valence electrons. The van der Waals surface area contributed by atoms with E-state index >= 15 is 0 Å². The predicted molar refractivity (Wildman–Crippen MR) is 86.6 cm³/mol. The standard InChI is InChI=1S/C16H25BrN2O/c1-12-8-16(11-18,9-13(2)20-12)19(3)10-14-6-4-5-7-15(14)17/h4-7,12-13H,8-11,18H2,1-3H3. The summed E-state index contributed by atoms with van der Waals surface area (Å²) in [6, 6.07) is 8.38. The maximum atomic E-state index is 6.15. The van der Waals surface area contributed by atoms with Crippen LogP contribution in [0, 0.1) is 0 Å². The second-order valence-corrected chi connectivity index (χ2v) is 6.90. The Bertz CT molecular complexity index is 442. The number of halogens is 1. The van der Waals surface area contributed by atoms with Crippen LogP contribution >= 0.6 is 15.9 Å². The highest BCUT2D eigenvalue weighted by Crippen LogP contribution is 2.34. The van der Waals surface area contributed by atoms with Crippen LogP contribution in [0.15, 0.2) is 28.7 Å². The fraction of sp³-hybridized carbons (Fsp3) is 0.625. The van der Waals surface area contributed by atoms with Gasteiger partial charge in [0.2, 0.25) is 0 Å². The van der Waals surface area contributed by atoms with Gasteiger partial charge in [-0.25, -0.2) is 0 Å². The zero-order valence-corrected chi connectivity index (χ0v) is 14.2. The number of nitrogens with zero attached hydrogens (tertiary/aromatic N) is 1. The molecule has 2 unspecified atom stereocenters. The SMILES string of the molecule is CC1CC(CN)(N(C)Cc2ccccc2Br)CC(C)O1. The Labute approximate surface area is 130 Å². The fourth-order valence-corrected chi connectivity index (χ4v) is 3.74. The summed E-state index contributed by atoms with van der Waals surface area (Å²) in [4.78, 5) is 2.41. The van der Waals surface area contributed by atoms with E-state index in [0.717, 1.165) is 23.9 Å². The van der Waals surface area contributed by atoms with E-state index in [1.54, 1.807) is 0 Å². The predicted octanol–water partition coefficient (Wildman–Crippen LogP) is 3.17. The Morgan fingerprint density at radius 2 is 1.90 bits per heavy atom. The first kappa shape index (κ1) is 16.0. The second kappa shape index (κ2) is 6.56. The van der Waals surface area contributed by atoms with Gasteiger partial charge in [-0.3, -0.25) is 4.90 Å². The highest BCUT2D eigenvalue weighted by Gasteiger charge is 2.40. The van der Waals surface area contributed by atoms with Crippen LogP contribution in [0.3, 0.4) is 0 Å². The van der Waals surface area contributed by atoms with Crippen molar-refractivity contribution in [2.24, 2.45) is 5.73 Å². The number of likely N-dealkylation sites (N-methyl/N-ethyl adjacent to an activating group) is 1. The molecule has 20 heavy (non-hydrogen) atoms. The maximum absolute atomic E-state index is 6.15. The first-order chi connectivity index (χ1) is 9.47. The second-order valence-electron chi connectivity index (χ2n) is 6.04. The smallest absolute Gasteiger partial charge is 0.0568 e. The van der Waals surface area contributed by atoms with Crippen molar-refractivity contribution in [3.63, 3.8) is 0 Å². The van der Waals surface area contributed by atoms with Gasteiger partial charge in [0.1, 0.15) is 0 Å². The van der Waals surface area contributed by atoms with Crippen LogP contribution in [0.1, 0.15) is 32.3 Å². The van der Waals surface area contributed by atoms with Crippen LogP contribution in [0.5, 0.6) is 0 Å². The molecule has 3 nitrogen and oxygen atoms in total. The van der Waals surface area contributed by atoms with Crippen LogP contribution in [-0.4, -0.2) is 36.2 Å². The van der Waals surface area contributed by atoms with Crippen molar-refractivity contribution in [2.75, 3.05) is 13.6 Å². The van der Waals surface area contributed by atoms with Crippen molar-refractivity contribution in [1.82, 2.24) is 4.90 Å². The van der Waals surface area contributed by atoms with Crippen molar-refractivity contribution in [3.8, 4) is 0 Å². The molecule has 1 saturated heterocycles. The molecule has 1 aliphatic rings. The normalized spacial score (nSPS) is 30.7.